The van der Waals surface area contributed by atoms with Crippen LogP contribution in [0.5, 0.6) is 0 Å². The van der Waals surface area contributed by atoms with E-state index in [9.17, 15) is 19.2 Å². The van der Waals surface area contributed by atoms with Crippen LogP contribution >= 0.6 is 0 Å². The maximum absolute atomic E-state index is 14.5. The van der Waals surface area contributed by atoms with Crippen LogP contribution in [0.25, 0.3) is 0 Å². The van der Waals surface area contributed by atoms with Crippen molar-refractivity contribution in [3.8, 4) is 0 Å². The van der Waals surface area contributed by atoms with Gasteiger partial charge in [-0.1, -0.05) is 66.0 Å². The number of carbonyl (C=O) groups is 4. The minimum atomic E-state index is -0.432. The Morgan fingerprint density at radius 3 is 2.30 bits per heavy atom. The minimum absolute atomic E-state index is 0.00441. The summed E-state index contributed by atoms with van der Waals surface area (Å²) in [7, 11) is 0. The number of rotatable bonds is 15. The first-order chi connectivity index (χ1) is 19.0. The normalized spacial score (nSPS) is 29.0. The van der Waals surface area contributed by atoms with E-state index in [-0.39, 0.29) is 64.8 Å². The SMILES string of the molecule is C=CCCC(=C)C(=O)C(CCC)CC(=O)C1C2CC(C3CC32)N1C(=O)C(CC(=O)CC(C)(C)C)C1CCCCC1. The predicted octanol–water partition coefficient (Wildman–Crippen LogP) is 7.28. The number of hydrogen-bond donors (Lipinski definition) is 0. The molecule has 222 valence electrons. The van der Waals surface area contributed by atoms with E-state index in [0.29, 0.717) is 49.5 Å². The van der Waals surface area contributed by atoms with Crippen molar-refractivity contribution in [3.63, 3.8) is 0 Å². The van der Waals surface area contributed by atoms with Gasteiger partial charge in [-0.25, -0.2) is 0 Å². The Kier molecular flexibility index (Phi) is 9.94. The zero-order chi connectivity index (χ0) is 29.2. The lowest BCUT2D eigenvalue weighted by molar-refractivity contribution is -0.149. The predicted molar refractivity (Wildman–Crippen MR) is 159 cm³/mol. The second kappa shape index (κ2) is 12.9. The zero-order valence-corrected chi connectivity index (χ0v) is 25.6. The van der Waals surface area contributed by atoms with Crippen molar-refractivity contribution >= 4 is 23.3 Å². The summed E-state index contributed by atoms with van der Waals surface area (Å²) in [6.07, 6.45) is 12.9. The van der Waals surface area contributed by atoms with Gasteiger partial charge in [0.25, 0.3) is 0 Å². The summed E-state index contributed by atoms with van der Waals surface area (Å²) in [5, 5.41) is 0. The summed E-state index contributed by atoms with van der Waals surface area (Å²) in [5.74, 6) is 1.07. The molecule has 4 rings (SSSR count). The Balaban J connectivity index is 1.55. The van der Waals surface area contributed by atoms with Gasteiger partial charge in [0.1, 0.15) is 5.78 Å². The van der Waals surface area contributed by atoms with Gasteiger partial charge in [-0.15, -0.1) is 6.58 Å². The van der Waals surface area contributed by atoms with Crippen molar-refractivity contribution in [2.45, 2.75) is 130 Å². The van der Waals surface area contributed by atoms with Crippen LogP contribution < -0.4 is 0 Å². The number of piperidine rings is 1. The molecule has 3 saturated carbocycles. The second-order valence-electron chi connectivity index (χ2n) is 14.7. The number of Topliss-reactive ketones (excluding diaryl/α,β-unsaturated/α-hetero) is 3. The zero-order valence-electron chi connectivity index (χ0n) is 25.6. The molecule has 7 atom stereocenters. The van der Waals surface area contributed by atoms with Crippen molar-refractivity contribution in [2.24, 2.45) is 40.9 Å². The molecular formula is C35H53NO4. The molecule has 0 spiro atoms. The lowest BCUT2D eigenvalue weighted by Crippen LogP contribution is -2.53. The summed E-state index contributed by atoms with van der Waals surface area (Å²) >= 11 is 0. The van der Waals surface area contributed by atoms with Crippen LogP contribution in [-0.4, -0.2) is 40.2 Å². The maximum Gasteiger partial charge on any atom is 0.227 e. The molecule has 1 aliphatic heterocycles. The van der Waals surface area contributed by atoms with E-state index in [1.54, 1.807) is 6.08 Å². The van der Waals surface area contributed by atoms with Gasteiger partial charge in [-0.3, -0.25) is 19.2 Å². The molecule has 1 amide bonds. The third kappa shape index (κ3) is 6.87. The van der Waals surface area contributed by atoms with Crippen molar-refractivity contribution in [2.75, 3.05) is 0 Å². The Morgan fingerprint density at radius 1 is 0.975 bits per heavy atom. The highest BCUT2D eigenvalue weighted by molar-refractivity contribution is 6.00. The van der Waals surface area contributed by atoms with E-state index in [4.69, 9.17) is 0 Å². The molecule has 1 heterocycles. The van der Waals surface area contributed by atoms with Gasteiger partial charge in [0.2, 0.25) is 5.91 Å². The van der Waals surface area contributed by atoms with E-state index in [0.717, 1.165) is 44.9 Å². The van der Waals surface area contributed by atoms with Gasteiger partial charge in [0.15, 0.2) is 11.6 Å². The van der Waals surface area contributed by atoms with Gasteiger partial charge < -0.3 is 4.90 Å². The van der Waals surface area contributed by atoms with Crippen LogP contribution in [0.15, 0.2) is 24.8 Å². The smallest absolute Gasteiger partial charge is 0.227 e. The number of ketones is 3. The average molecular weight is 552 g/mol. The Morgan fingerprint density at radius 2 is 1.68 bits per heavy atom. The van der Waals surface area contributed by atoms with Crippen LogP contribution in [0.3, 0.4) is 0 Å². The fourth-order valence-electron chi connectivity index (χ4n) is 8.41. The van der Waals surface area contributed by atoms with E-state index < -0.39 is 6.04 Å². The third-order valence-electron chi connectivity index (χ3n) is 10.3. The highest BCUT2D eigenvalue weighted by atomic mass is 16.2. The molecule has 0 aromatic heterocycles. The Labute approximate surface area is 242 Å². The molecule has 40 heavy (non-hydrogen) atoms. The van der Waals surface area contributed by atoms with Crippen LogP contribution in [0, 0.1) is 40.9 Å². The first-order valence-electron chi connectivity index (χ1n) is 16.2. The highest BCUT2D eigenvalue weighted by Gasteiger charge is 2.67. The maximum atomic E-state index is 14.5. The minimum Gasteiger partial charge on any atom is -0.329 e. The topological polar surface area (TPSA) is 71.5 Å². The number of allylic oxidation sites excluding steroid dienone is 2. The summed E-state index contributed by atoms with van der Waals surface area (Å²) < 4.78 is 0. The first kappa shape index (κ1) is 30.9. The highest BCUT2D eigenvalue weighted by Crippen LogP contribution is 2.64. The van der Waals surface area contributed by atoms with Crippen molar-refractivity contribution < 1.29 is 19.2 Å². The van der Waals surface area contributed by atoms with Gasteiger partial charge in [-0.2, -0.15) is 0 Å². The second-order valence-corrected chi connectivity index (χ2v) is 14.7. The number of nitrogens with zero attached hydrogens (tertiary/aromatic N) is 1. The number of amides is 1. The largest absolute Gasteiger partial charge is 0.329 e. The quantitative estimate of drug-likeness (QED) is 0.158. The summed E-state index contributed by atoms with van der Waals surface area (Å²) in [6, 6.07) is -0.304. The van der Waals surface area contributed by atoms with E-state index >= 15 is 0 Å². The van der Waals surface area contributed by atoms with E-state index in [2.05, 4.69) is 33.9 Å². The molecule has 1 saturated heterocycles. The first-order valence-corrected chi connectivity index (χ1v) is 16.2. The van der Waals surface area contributed by atoms with Gasteiger partial charge in [-0.05, 0) is 79.6 Å². The van der Waals surface area contributed by atoms with Crippen LogP contribution in [0.4, 0.5) is 0 Å². The molecule has 0 radical (unpaired) electrons. The summed E-state index contributed by atoms with van der Waals surface area (Å²) in [6.45, 7) is 16.0. The monoisotopic (exact) mass is 551 g/mol. The fraction of sp³-hybridized carbons (Fsp3) is 0.771. The summed E-state index contributed by atoms with van der Waals surface area (Å²) in [4.78, 5) is 57.1. The molecular weight excluding hydrogens is 498 g/mol. The average Bonchev–Trinajstić information content (AvgIpc) is 3.52. The molecule has 0 aromatic carbocycles. The number of fused-ring (bicyclic) bond motifs is 5. The molecule has 0 aromatic rings. The number of carbonyl (C=O) groups excluding carboxylic acids is 4. The fourth-order valence-corrected chi connectivity index (χ4v) is 8.41. The standard InChI is InChI=1S/C35H53NO4/c1-7-9-14-22(3)33(39)24(13-8-2)17-31(38)32-29-20-30(28-19-27(28)29)36(32)34(40)26(23-15-11-10-12-16-23)18-25(37)21-35(4,5)6/h7,23-24,26-30,32H,1,3,8-21H2,2,4-6H3. The molecule has 4 fully saturated rings. The molecule has 7 unspecified atom stereocenters. The molecule has 2 bridgehead atoms. The van der Waals surface area contributed by atoms with Gasteiger partial charge in [0, 0.05) is 37.1 Å². The van der Waals surface area contributed by atoms with Gasteiger partial charge >= 0.3 is 0 Å². The molecule has 5 heteroatoms. The Bertz CT molecular complexity index is 999. The Hall–Kier alpha value is -2.04. The molecule has 0 N–H and O–H groups in total. The van der Waals surface area contributed by atoms with Crippen LogP contribution in [0.2, 0.25) is 0 Å². The van der Waals surface area contributed by atoms with Crippen molar-refractivity contribution in [3.05, 3.63) is 24.8 Å². The van der Waals surface area contributed by atoms with E-state index in [1.807, 2.05) is 11.8 Å². The molecule has 4 aliphatic rings. The number of hydrogen-bond acceptors (Lipinski definition) is 4. The van der Waals surface area contributed by atoms with E-state index in [1.165, 1.54) is 6.42 Å². The summed E-state index contributed by atoms with van der Waals surface area (Å²) in [5.41, 5.74) is 0.462. The van der Waals surface area contributed by atoms with Crippen molar-refractivity contribution in [1.29, 1.82) is 0 Å². The van der Waals surface area contributed by atoms with Crippen molar-refractivity contribution in [1.82, 2.24) is 4.90 Å². The van der Waals surface area contributed by atoms with Gasteiger partial charge in [0.05, 0.1) is 6.04 Å². The lowest BCUT2D eigenvalue weighted by atomic mass is 9.75. The lowest BCUT2D eigenvalue weighted by Gasteiger charge is -2.39. The number of likely N-dealkylation sites (tertiary alicyclic amines) is 1. The van der Waals surface area contributed by atoms with Crippen LogP contribution in [-0.2, 0) is 19.2 Å². The van der Waals surface area contributed by atoms with Crippen LogP contribution in [0.1, 0.15) is 118 Å². The molecule has 3 aliphatic carbocycles. The molecule has 5 nitrogen and oxygen atoms in total. The third-order valence-corrected chi connectivity index (χ3v) is 10.3.